The zero-order chi connectivity index (χ0) is 14.8. The van der Waals surface area contributed by atoms with E-state index in [1.807, 2.05) is 17.5 Å². The minimum Gasteiger partial charge on any atom is -0.316 e. The smallest absolute Gasteiger partial charge is 0.230 e. The van der Waals surface area contributed by atoms with E-state index in [9.17, 15) is 10.1 Å². The molecule has 1 amide bonds. The van der Waals surface area contributed by atoms with Gasteiger partial charge >= 0.3 is 0 Å². The molecule has 0 saturated carbocycles. The molecular weight excluding hydrogens is 300 g/mol. The number of anilines is 1. The summed E-state index contributed by atoms with van der Waals surface area (Å²) in [6.45, 7) is 2.24. The number of carbonyl (C=O) groups excluding carboxylic acids is 1. The average molecular weight is 316 g/mol. The third-order valence-corrected chi connectivity index (χ3v) is 5.84. The minimum absolute atomic E-state index is 0.0411. The molecule has 5 heteroatoms. The molecule has 0 aromatic carbocycles. The molecule has 1 aliphatic rings. The van der Waals surface area contributed by atoms with E-state index in [1.165, 1.54) is 4.88 Å². The first kappa shape index (κ1) is 14.3. The van der Waals surface area contributed by atoms with Gasteiger partial charge in [-0.25, -0.2) is 0 Å². The predicted octanol–water partition coefficient (Wildman–Crippen LogP) is 3.99. The molecular formula is C16H16N2OS2. The summed E-state index contributed by atoms with van der Waals surface area (Å²) in [6, 6.07) is 6.18. The lowest BCUT2D eigenvalue weighted by Gasteiger charge is -2.17. The van der Waals surface area contributed by atoms with Gasteiger partial charge in [0.15, 0.2) is 0 Å². The van der Waals surface area contributed by atoms with Gasteiger partial charge in [-0.1, -0.05) is 13.0 Å². The van der Waals surface area contributed by atoms with Crippen LogP contribution in [0.5, 0.6) is 0 Å². The van der Waals surface area contributed by atoms with E-state index in [-0.39, 0.29) is 5.91 Å². The van der Waals surface area contributed by atoms with Crippen LogP contribution in [0.15, 0.2) is 17.5 Å². The van der Waals surface area contributed by atoms with Gasteiger partial charge in [-0.15, -0.1) is 22.7 Å². The van der Waals surface area contributed by atoms with Crippen LogP contribution < -0.4 is 5.32 Å². The van der Waals surface area contributed by atoms with Crippen LogP contribution in [0.25, 0.3) is 0 Å². The van der Waals surface area contributed by atoms with Gasteiger partial charge in [-0.2, -0.15) is 5.26 Å². The molecule has 108 valence electrons. The second kappa shape index (κ2) is 6.00. The van der Waals surface area contributed by atoms with Crippen molar-refractivity contribution in [2.24, 2.45) is 5.92 Å². The first-order valence-corrected chi connectivity index (χ1v) is 8.74. The summed E-state index contributed by atoms with van der Waals surface area (Å²) in [5.41, 5.74) is 1.84. The zero-order valence-corrected chi connectivity index (χ0v) is 13.4. The molecule has 1 aliphatic carbocycles. The fourth-order valence-corrected chi connectivity index (χ4v) is 4.78. The molecule has 2 aromatic heterocycles. The van der Waals surface area contributed by atoms with E-state index in [4.69, 9.17) is 0 Å². The normalized spacial score (nSPS) is 17.0. The van der Waals surface area contributed by atoms with Gasteiger partial charge in [0.2, 0.25) is 5.91 Å². The Hall–Kier alpha value is -1.64. The summed E-state index contributed by atoms with van der Waals surface area (Å²) in [7, 11) is 0. The third kappa shape index (κ3) is 3.02. The van der Waals surface area contributed by atoms with Gasteiger partial charge in [0.05, 0.1) is 12.0 Å². The average Bonchev–Trinajstić information content (AvgIpc) is 3.05. The Morgan fingerprint density at radius 2 is 2.43 bits per heavy atom. The quantitative estimate of drug-likeness (QED) is 0.931. The summed E-state index contributed by atoms with van der Waals surface area (Å²) < 4.78 is 0. The Bertz CT molecular complexity index is 695. The molecule has 21 heavy (non-hydrogen) atoms. The maximum absolute atomic E-state index is 12.1. The van der Waals surface area contributed by atoms with E-state index in [0.29, 0.717) is 17.9 Å². The first-order valence-electron chi connectivity index (χ1n) is 7.04. The molecule has 2 heterocycles. The highest BCUT2D eigenvalue weighted by molar-refractivity contribution is 7.16. The summed E-state index contributed by atoms with van der Waals surface area (Å²) in [5, 5.41) is 15.0. The van der Waals surface area contributed by atoms with Crippen LogP contribution in [-0.2, 0) is 24.1 Å². The topological polar surface area (TPSA) is 52.9 Å². The Kier molecular flexibility index (Phi) is 4.09. The van der Waals surface area contributed by atoms with Crippen molar-refractivity contribution in [2.45, 2.75) is 32.6 Å². The Morgan fingerprint density at radius 3 is 3.14 bits per heavy atom. The highest BCUT2D eigenvalue weighted by atomic mass is 32.1. The monoisotopic (exact) mass is 316 g/mol. The zero-order valence-electron chi connectivity index (χ0n) is 11.8. The van der Waals surface area contributed by atoms with Crippen LogP contribution in [0.4, 0.5) is 5.00 Å². The number of hydrogen-bond acceptors (Lipinski definition) is 4. The lowest BCUT2D eigenvalue weighted by molar-refractivity contribution is -0.115. The van der Waals surface area contributed by atoms with Crippen LogP contribution in [0.3, 0.4) is 0 Å². The molecule has 3 rings (SSSR count). The van der Waals surface area contributed by atoms with Crippen LogP contribution in [0.2, 0.25) is 0 Å². The van der Waals surface area contributed by atoms with Crippen LogP contribution >= 0.6 is 22.7 Å². The summed E-state index contributed by atoms with van der Waals surface area (Å²) in [5.74, 6) is 0.623. The van der Waals surface area contributed by atoms with Crippen molar-refractivity contribution in [3.8, 4) is 6.07 Å². The Balaban J connectivity index is 1.79. The van der Waals surface area contributed by atoms with Crippen LogP contribution in [0, 0.1) is 17.2 Å². The van der Waals surface area contributed by atoms with Gasteiger partial charge in [0.1, 0.15) is 11.1 Å². The van der Waals surface area contributed by atoms with Crippen molar-refractivity contribution >= 4 is 33.6 Å². The number of hydrogen-bond donors (Lipinski definition) is 1. The van der Waals surface area contributed by atoms with E-state index >= 15 is 0 Å². The number of fused-ring (bicyclic) bond motifs is 1. The van der Waals surface area contributed by atoms with Gasteiger partial charge < -0.3 is 5.32 Å². The first-order chi connectivity index (χ1) is 10.2. The summed E-state index contributed by atoms with van der Waals surface area (Å²) in [4.78, 5) is 14.4. The van der Waals surface area contributed by atoms with Crippen molar-refractivity contribution in [2.75, 3.05) is 5.32 Å². The molecule has 0 bridgehead atoms. The highest BCUT2D eigenvalue weighted by Crippen LogP contribution is 2.39. The van der Waals surface area contributed by atoms with Crippen molar-refractivity contribution < 1.29 is 4.79 Å². The molecule has 1 N–H and O–H groups in total. The molecule has 3 nitrogen and oxygen atoms in total. The number of carbonyl (C=O) groups is 1. The summed E-state index contributed by atoms with van der Waals surface area (Å²) in [6.07, 6.45) is 3.48. The molecule has 0 aliphatic heterocycles. The lowest BCUT2D eigenvalue weighted by Crippen LogP contribution is -2.13. The number of amides is 1. The largest absolute Gasteiger partial charge is 0.316 e. The molecule has 0 spiro atoms. The number of rotatable bonds is 3. The molecule has 0 fully saturated rings. The second-order valence-corrected chi connectivity index (χ2v) is 7.61. The fourth-order valence-electron chi connectivity index (χ4n) is 2.70. The number of nitriles is 1. The number of nitrogens with zero attached hydrogens (tertiary/aromatic N) is 1. The van der Waals surface area contributed by atoms with Gasteiger partial charge in [-0.3, -0.25) is 4.79 Å². The molecule has 2 aromatic rings. The number of thiophene rings is 2. The van der Waals surface area contributed by atoms with Crippen molar-refractivity contribution in [1.82, 2.24) is 0 Å². The maximum Gasteiger partial charge on any atom is 0.230 e. The Morgan fingerprint density at radius 1 is 1.57 bits per heavy atom. The van der Waals surface area contributed by atoms with E-state index in [2.05, 4.69) is 18.3 Å². The van der Waals surface area contributed by atoms with Gasteiger partial charge in [0.25, 0.3) is 0 Å². The van der Waals surface area contributed by atoms with Crippen molar-refractivity contribution in [3.63, 3.8) is 0 Å². The van der Waals surface area contributed by atoms with Crippen LogP contribution in [0.1, 0.15) is 34.2 Å². The minimum atomic E-state index is -0.0411. The highest BCUT2D eigenvalue weighted by Gasteiger charge is 2.24. The van der Waals surface area contributed by atoms with Crippen LogP contribution in [-0.4, -0.2) is 5.91 Å². The Labute approximate surface area is 132 Å². The molecule has 0 unspecified atom stereocenters. The van der Waals surface area contributed by atoms with E-state index in [0.717, 1.165) is 34.7 Å². The maximum atomic E-state index is 12.1. The molecule has 0 saturated heterocycles. The third-order valence-electron chi connectivity index (χ3n) is 3.79. The van der Waals surface area contributed by atoms with Crippen molar-refractivity contribution in [1.29, 1.82) is 5.26 Å². The number of nitrogens with one attached hydrogen (secondary N) is 1. The molecule has 1 atom stereocenters. The molecule has 0 radical (unpaired) electrons. The SMILES string of the molecule is C[C@H]1CCc2c(sc(NC(=O)Cc3cccs3)c2C#N)C1. The second-order valence-electron chi connectivity index (χ2n) is 5.47. The van der Waals surface area contributed by atoms with Gasteiger partial charge in [0, 0.05) is 9.75 Å². The fraction of sp³-hybridized carbons (Fsp3) is 0.375. The predicted molar refractivity (Wildman–Crippen MR) is 86.9 cm³/mol. The van der Waals surface area contributed by atoms with Crippen molar-refractivity contribution in [3.05, 3.63) is 38.4 Å². The van der Waals surface area contributed by atoms with E-state index < -0.39 is 0 Å². The lowest BCUT2D eigenvalue weighted by atomic mass is 9.89. The standard InChI is InChI=1S/C16H16N2OS2/c1-10-4-5-12-13(9-17)16(21-14(12)7-10)18-15(19)8-11-3-2-6-20-11/h2-3,6,10H,4-5,7-8H2,1H3,(H,18,19)/t10-/m0/s1. The van der Waals surface area contributed by atoms with E-state index in [1.54, 1.807) is 22.7 Å². The summed E-state index contributed by atoms with van der Waals surface area (Å²) >= 11 is 3.16. The van der Waals surface area contributed by atoms with Gasteiger partial charge in [-0.05, 0) is 42.2 Å².